The molecule has 1 aromatic heterocycles. The first kappa shape index (κ1) is 18.9. The number of rotatable bonds is 7. The first-order valence-electron chi connectivity index (χ1n) is 9.89. The van der Waals surface area contributed by atoms with Crippen LogP contribution in [0.5, 0.6) is 0 Å². The topological polar surface area (TPSA) is 75.4 Å². The number of hydrogen-bond acceptors (Lipinski definition) is 4. The first-order valence-corrected chi connectivity index (χ1v) is 9.89. The van der Waals surface area contributed by atoms with Crippen molar-refractivity contribution in [1.82, 2.24) is 4.98 Å². The molecule has 29 heavy (non-hydrogen) atoms. The molecular formula is C23H23N3O3. The fourth-order valence-corrected chi connectivity index (χ4v) is 3.46. The van der Waals surface area contributed by atoms with E-state index in [1.807, 2.05) is 54.6 Å². The summed E-state index contributed by atoms with van der Waals surface area (Å²) < 4.78 is 5.77. The molecule has 4 rings (SSSR count). The largest absolute Gasteiger partial charge is 0.441 e. The average molecular weight is 389 g/mol. The van der Waals surface area contributed by atoms with Gasteiger partial charge in [-0.2, -0.15) is 0 Å². The molecule has 0 atom stereocenters. The summed E-state index contributed by atoms with van der Waals surface area (Å²) in [6.45, 7) is 0.733. The monoisotopic (exact) mass is 389 g/mol. The van der Waals surface area contributed by atoms with Crippen LogP contribution >= 0.6 is 0 Å². The second-order valence-corrected chi connectivity index (χ2v) is 7.09. The zero-order chi connectivity index (χ0) is 20.1. The number of hydrogen-bond donors (Lipinski definition) is 1. The Morgan fingerprint density at radius 3 is 2.79 bits per heavy atom. The number of aromatic nitrogens is 1. The van der Waals surface area contributed by atoms with Crippen LogP contribution in [0, 0.1) is 0 Å². The highest BCUT2D eigenvalue weighted by atomic mass is 16.4. The maximum absolute atomic E-state index is 12.3. The number of nitrogens with one attached hydrogen (secondary N) is 1. The van der Waals surface area contributed by atoms with E-state index in [9.17, 15) is 9.59 Å². The van der Waals surface area contributed by atoms with Crippen LogP contribution in [0.2, 0.25) is 0 Å². The van der Waals surface area contributed by atoms with Crippen molar-refractivity contribution < 1.29 is 14.0 Å². The highest BCUT2D eigenvalue weighted by Crippen LogP contribution is 2.24. The molecule has 148 valence electrons. The van der Waals surface area contributed by atoms with E-state index < -0.39 is 0 Å². The van der Waals surface area contributed by atoms with Crippen molar-refractivity contribution in [2.45, 2.75) is 32.1 Å². The van der Waals surface area contributed by atoms with Crippen LogP contribution in [-0.2, 0) is 16.0 Å². The minimum atomic E-state index is -0.0651. The lowest BCUT2D eigenvalue weighted by Crippen LogP contribution is -2.23. The number of oxazole rings is 1. The molecule has 0 saturated carbocycles. The van der Waals surface area contributed by atoms with E-state index in [0.29, 0.717) is 37.3 Å². The summed E-state index contributed by atoms with van der Waals surface area (Å²) in [6, 6.07) is 17.2. The Balaban J connectivity index is 1.28. The van der Waals surface area contributed by atoms with E-state index in [-0.39, 0.29) is 11.8 Å². The van der Waals surface area contributed by atoms with Gasteiger partial charge in [0.25, 0.3) is 0 Å². The lowest BCUT2D eigenvalue weighted by atomic mass is 10.2. The third kappa shape index (κ3) is 4.71. The highest BCUT2D eigenvalue weighted by molar-refractivity contribution is 5.97. The number of benzene rings is 2. The SMILES string of the molecule is O=C(CCCc1ncc(-c2ccccc2)o1)Nc1cccc(N2CCCC2=O)c1. The smallest absolute Gasteiger partial charge is 0.227 e. The van der Waals surface area contributed by atoms with Gasteiger partial charge >= 0.3 is 0 Å². The molecule has 0 spiro atoms. The Labute approximate surface area is 169 Å². The molecule has 6 nitrogen and oxygen atoms in total. The minimum absolute atomic E-state index is 0.0651. The van der Waals surface area contributed by atoms with Gasteiger partial charge in [0.05, 0.1) is 6.20 Å². The van der Waals surface area contributed by atoms with Crippen molar-refractivity contribution in [3.05, 3.63) is 66.7 Å². The number of carbonyl (C=O) groups excluding carboxylic acids is 2. The number of nitrogens with zero attached hydrogens (tertiary/aromatic N) is 2. The van der Waals surface area contributed by atoms with Gasteiger partial charge in [0.1, 0.15) is 0 Å². The average Bonchev–Trinajstić information content (AvgIpc) is 3.38. The molecule has 3 aromatic rings. The van der Waals surface area contributed by atoms with Gasteiger partial charge in [0.15, 0.2) is 11.7 Å². The molecule has 2 aromatic carbocycles. The zero-order valence-corrected chi connectivity index (χ0v) is 16.1. The number of anilines is 2. The van der Waals surface area contributed by atoms with E-state index in [2.05, 4.69) is 10.3 Å². The van der Waals surface area contributed by atoms with Gasteiger partial charge in [-0.05, 0) is 31.0 Å². The molecule has 0 radical (unpaired) electrons. The molecule has 1 aliphatic rings. The third-order valence-corrected chi connectivity index (χ3v) is 4.92. The molecule has 6 heteroatoms. The van der Waals surface area contributed by atoms with Crippen molar-refractivity contribution in [2.75, 3.05) is 16.8 Å². The number of amides is 2. The Bertz CT molecular complexity index is 997. The van der Waals surface area contributed by atoms with Crippen LogP contribution in [0.15, 0.2) is 65.2 Å². The summed E-state index contributed by atoms with van der Waals surface area (Å²) in [4.78, 5) is 30.3. The van der Waals surface area contributed by atoms with Gasteiger partial charge in [-0.3, -0.25) is 9.59 Å². The van der Waals surface area contributed by atoms with E-state index in [1.54, 1.807) is 11.1 Å². The molecule has 1 fully saturated rings. The van der Waals surface area contributed by atoms with Gasteiger partial charge in [0.2, 0.25) is 11.8 Å². The standard InChI is InChI=1S/C23H23N3O3/c27-21(25-18-9-4-10-19(15-18)26-14-6-13-23(26)28)11-5-12-22-24-16-20(29-22)17-7-2-1-3-8-17/h1-4,7-10,15-16H,5-6,11-14H2,(H,25,27). The number of aryl methyl sites for hydroxylation is 1. The van der Waals surface area contributed by atoms with Crippen LogP contribution in [0.4, 0.5) is 11.4 Å². The van der Waals surface area contributed by atoms with Crippen LogP contribution in [0.3, 0.4) is 0 Å². The van der Waals surface area contributed by atoms with Crippen molar-refractivity contribution in [1.29, 1.82) is 0 Å². The molecule has 1 saturated heterocycles. The van der Waals surface area contributed by atoms with E-state index in [0.717, 1.165) is 30.0 Å². The normalized spacial score (nSPS) is 13.7. The summed E-state index contributed by atoms with van der Waals surface area (Å²) in [5.74, 6) is 1.43. The summed E-state index contributed by atoms with van der Waals surface area (Å²) in [7, 11) is 0. The number of carbonyl (C=O) groups is 2. The molecule has 2 amide bonds. The van der Waals surface area contributed by atoms with Crippen LogP contribution in [0.25, 0.3) is 11.3 Å². The fraction of sp³-hybridized carbons (Fsp3) is 0.261. The summed E-state index contributed by atoms with van der Waals surface area (Å²) in [5.41, 5.74) is 2.52. The molecule has 0 bridgehead atoms. The maximum atomic E-state index is 12.3. The van der Waals surface area contributed by atoms with E-state index in [1.165, 1.54) is 0 Å². The molecule has 1 N–H and O–H groups in total. The Morgan fingerprint density at radius 1 is 1.14 bits per heavy atom. The lowest BCUT2D eigenvalue weighted by Gasteiger charge is -2.16. The highest BCUT2D eigenvalue weighted by Gasteiger charge is 2.21. The Hall–Kier alpha value is -3.41. The summed E-state index contributed by atoms with van der Waals surface area (Å²) in [5, 5.41) is 2.91. The molecule has 1 aliphatic heterocycles. The first-order chi connectivity index (χ1) is 14.2. The van der Waals surface area contributed by atoms with Crippen molar-refractivity contribution in [2.24, 2.45) is 0 Å². The summed E-state index contributed by atoms with van der Waals surface area (Å²) in [6.07, 6.45) is 4.80. The van der Waals surface area contributed by atoms with Crippen molar-refractivity contribution in [3.8, 4) is 11.3 Å². The van der Waals surface area contributed by atoms with Crippen molar-refractivity contribution in [3.63, 3.8) is 0 Å². The Morgan fingerprint density at radius 2 is 2.00 bits per heavy atom. The molecule has 2 heterocycles. The predicted octanol–water partition coefficient (Wildman–Crippen LogP) is 4.43. The molecule has 0 unspecified atom stereocenters. The quantitative estimate of drug-likeness (QED) is 0.649. The Kier molecular flexibility index (Phi) is 5.70. The van der Waals surface area contributed by atoms with Crippen LogP contribution in [0.1, 0.15) is 31.6 Å². The molecular weight excluding hydrogens is 366 g/mol. The molecule has 0 aliphatic carbocycles. The van der Waals surface area contributed by atoms with Gasteiger partial charge in [0, 0.05) is 42.7 Å². The zero-order valence-electron chi connectivity index (χ0n) is 16.1. The van der Waals surface area contributed by atoms with E-state index >= 15 is 0 Å². The maximum Gasteiger partial charge on any atom is 0.227 e. The third-order valence-electron chi connectivity index (χ3n) is 4.92. The second-order valence-electron chi connectivity index (χ2n) is 7.09. The minimum Gasteiger partial charge on any atom is -0.441 e. The van der Waals surface area contributed by atoms with Crippen molar-refractivity contribution >= 4 is 23.2 Å². The van der Waals surface area contributed by atoms with Crippen LogP contribution < -0.4 is 10.2 Å². The van der Waals surface area contributed by atoms with Gasteiger partial charge in [-0.25, -0.2) is 4.98 Å². The summed E-state index contributed by atoms with van der Waals surface area (Å²) >= 11 is 0. The predicted molar refractivity (Wildman–Crippen MR) is 112 cm³/mol. The van der Waals surface area contributed by atoms with Gasteiger partial charge in [-0.15, -0.1) is 0 Å². The van der Waals surface area contributed by atoms with Crippen LogP contribution in [-0.4, -0.2) is 23.3 Å². The fourth-order valence-electron chi connectivity index (χ4n) is 3.46. The lowest BCUT2D eigenvalue weighted by molar-refractivity contribution is -0.117. The van der Waals surface area contributed by atoms with Gasteiger partial charge in [-0.1, -0.05) is 36.4 Å². The van der Waals surface area contributed by atoms with E-state index in [4.69, 9.17) is 4.42 Å². The second kappa shape index (κ2) is 8.73. The van der Waals surface area contributed by atoms with Gasteiger partial charge < -0.3 is 14.6 Å².